The predicted octanol–water partition coefficient (Wildman–Crippen LogP) is 5.14. The average molecular weight is 241 g/mol. The van der Waals surface area contributed by atoms with Crippen molar-refractivity contribution in [1.82, 2.24) is 0 Å². The van der Waals surface area contributed by atoms with Crippen molar-refractivity contribution in [3.63, 3.8) is 0 Å². The molecular weight excluding hydrogens is 206 g/mol. The normalized spacial score (nSPS) is 15.2. The first kappa shape index (κ1) is 17.0. The highest BCUT2D eigenvalue weighted by Gasteiger charge is 2.10. The van der Waals surface area contributed by atoms with Crippen molar-refractivity contribution in [3.05, 3.63) is 0 Å². The van der Waals surface area contributed by atoms with Crippen LogP contribution in [-0.4, -0.2) is 6.04 Å². The van der Waals surface area contributed by atoms with Crippen LogP contribution in [0.5, 0.6) is 0 Å². The molecule has 0 aromatic carbocycles. The summed E-state index contributed by atoms with van der Waals surface area (Å²) in [5, 5.41) is 0. The van der Waals surface area contributed by atoms with Crippen LogP contribution in [0.1, 0.15) is 85.5 Å². The van der Waals surface area contributed by atoms with E-state index in [1.54, 1.807) is 0 Å². The van der Waals surface area contributed by atoms with Gasteiger partial charge in [-0.1, -0.05) is 66.2 Å². The Bertz CT molecular complexity index is 154. The summed E-state index contributed by atoms with van der Waals surface area (Å²) in [4.78, 5) is 0. The summed E-state index contributed by atoms with van der Waals surface area (Å²) in [5.74, 6) is 1.61. The molecule has 0 aliphatic carbocycles. The molecule has 0 saturated carbocycles. The Hall–Kier alpha value is -0.0400. The second kappa shape index (κ2) is 11.1. The highest BCUT2D eigenvalue weighted by molar-refractivity contribution is 4.67. The first-order valence-corrected chi connectivity index (χ1v) is 7.81. The van der Waals surface area contributed by atoms with Gasteiger partial charge >= 0.3 is 0 Å². The topological polar surface area (TPSA) is 26.0 Å². The quantitative estimate of drug-likeness (QED) is 0.498. The summed E-state index contributed by atoms with van der Waals surface area (Å²) in [6, 6.07) is 0.440. The highest BCUT2D eigenvalue weighted by atomic mass is 14.6. The molecule has 0 rings (SSSR count). The summed E-state index contributed by atoms with van der Waals surface area (Å²) >= 11 is 0. The van der Waals surface area contributed by atoms with Gasteiger partial charge in [0.2, 0.25) is 0 Å². The molecule has 0 amide bonds. The lowest BCUT2D eigenvalue weighted by Crippen LogP contribution is -2.23. The molecule has 0 fully saturated rings. The van der Waals surface area contributed by atoms with Gasteiger partial charge < -0.3 is 5.73 Å². The van der Waals surface area contributed by atoms with Gasteiger partial charge in [-0.15, -0.1) is 0 Å². The van der Waals surface area contributed by atoms with E-state index >= 15 is 0 Å². The molecule has 0 aliphatic heterocycles. The maximum Gasteiger partial charge on any atom is 0.00413 e. The summed E-state index contributed by atoms with van der Waals surface area (Å²) in [5.41, 5.74) is 6.19. The SMILES string of the molecule is CCCCCCCCC(N)CC(C)CC(C)C. The molecule has 2 atom stereocenters. The van der Waals surface area contributed by atoms with Crippen molar-refractivity contribution in [2.75, 3.05) is 0 Å². The first-order chi connectivity index (χ1) is 8.06. The fourth-order valence-corrected chi connectivity index (χ4v) is 2.72. The van der Waals surface area contributed by atoms with E-state index in [0.29, 0.717) is 6.04 Å². The van der Waals surface area contributed by atoms with Gasteiger partial charge in [-0.05, 0) is 31.1 Å². The van der Waals surface area contributed by atoms with Crippen LogP contribution in [0.3, 0.4) is 0 Å². The second-order valence-electron chi connectivity index (χ2n) is 6.29. The molecule has 0 aromatic rings. The van der Waals surface area contributed by atoms with Crippen LogP contribution in [0.15, 0.2) is 0 Å². The number of nitrogens with two attached hydrogens (primary N) is 1. The van der Waals surface area contributed by atoms with E-state index in [-0.39, 0.29) is 0 Å². The first-order valence-electron chi connectivity index (χ1n) is 7.81. The largest absolute Gasteiger partial charge is 0.328 e. The van der Waals surface area contributed by atoms with E-state index < -0.39 is 0 Å². The number of rotatable bonds is 11. The summed E-state index contributed by atoms with van der Waals surface area (Å²) in [6.07, 6.45) is 12.0. The van der Waals surface area contributed by atoms with Gasteiger partial charge in [-0.2, -0.15) is 0 Å². The third kappa shape index (κ3) is 12.2. The van der Waals surface area contributed by atoms with Gasteiger partial charge in [0.25, 0.3) is 0 Å². The van der Waals surface area contributed by atoms with Crippen molar-refractivity contribution < 1.29 is 0 Å². The number of hydrogen-bond acceptors (Lipinski definition) is 1. The molecule has 0 aliphatic rings. The lowest BCUT2D eigenvalue weighted by Gasteiger charge is -2.18. The Balaban J connectivity index is 3.36. The Morgan fingerprint density at radius 3 is 2.00 bits per heavy atom. The molecule has 0 bridgehead atoms. The maximum absolute atomic E-state index is 6.19. The maximum atomic E-state index is 6.19. The van der Waals surface area contributed by atoms with E-state index in [9.17, 15) is 0 Å². The van der Waals surface area contributed by atoms with Crippen LogP contribution >= 0.6 is 0 Å². The van der Waals surface area contributed by atoms with E-state index in [2.05, 4.69) is 27.7 Å². The lowest BCUT2D eigenvalue weighted by atomic mass is 9.91. The zero-order chi connectivity index (χ0) is 13.1. The van der Waals surface area contributed by atoms with E-state index in [1.807, 2.05) is 0 Å². The molecule has 2 unspecified atom stereocenters. The van der Waals surface area contributed by atoms with Crippen LogP contribution < -0.4 is 5.73 Å². The third-order valence-electron chi connectivity index (χ3n) is 3.51. The number of hydrogen-bond donors (Lipinski definition) is 1. The number of unbranched alkanes of at least 4 members (excludes halogenated alkanes) is 5. The van der Waals surface area contributed by atoms with Crippen LogP contribution in [0, 0.1) is 11.8 Å². The minimum Gasteiger partial charge on any atom is -0.328 e. The minimum absolute atomic E-state index is 0.440. The zero-order valence-corrected chi connectivity index (χ0v) is 12.7. The molecule has 1 heteroatoms. The van der Waals surface area contributed by atoms with Gasteiger partial charge in [-0.3, -0.25) is 0 Å². The Morgan fingerprint density at radius 2 is 1.41 bits per heavy atom. The second-order valence-corrected chi connectivity index (χ2v) is 6.29. The lowest BCUT2D eigenvalue weighted by molar-refractivity contribution is 0.370. The van der Waals surface area contributed by atoms with Gasteiger partial charge in [-0.25, -0.2) is 0 Å². The van der Waals surface area contributed by atoms with Gasteiger partial charge in [0, 0.05) is 6.04 Å². The molecule has 2 N–H and O–H groups in total. The van der Waals surface area contributed by atoms with E-state index in [0.717, 1.165) is 11.8 Å². The van der Waals surface area contributed by atoms with Crippen molar-refractivity contribution in [1.29, 1.82) is 0 Å². The van der Waals surface area contributed by atoms with Crippen molar-refractivity contribution in [3.8, 4) is 0 Å². The van der Waals surface area contributed by atoms with E-state index in [1.165, 1.54) is 57.8 Å². The van der Waals surface area contributed by atoms with Crippen LogP contribution in [0.2, 0.25) is 0 Å². The summed E-state index contributed by atoms with van der Waals surface area (Å²) < 4.78 is 0. The predicted molar refractivity (Wildman–Crippen MR) is 79.2 cm³/mol. The average Bonchev–Trinajstić information content (AvgIpc) is 2.21. The summed E-state index contributed by atoms with van der Waals surface area (Å²) in [7, 11) is 0. The van der Waals surface area contributed by atoms with Crippen LogP contribution in [-0.2, 0) is 0 Å². The Morgan fingerprint density at radius 1 is 0.824 bits per heavy atom. The molecule has 0 saturated heterocycles. The molecule has 0 radical (unpaired) electrons. The smallest absolute Gasteiger partial charge is 0.00413 e. The molecule has 104 valence electrons. The van der Waals surface area contributed by atoms with Crippen LogP contribution in [0.25, 0.3) is 0 Å². The van der Waals surface area contributed by atoms with Crippen LogP contribution in [0.4, 0.5) is 0 Å². The van der Waals surface area contributed by atoms with Crippen molar-refractivity contribution in [2.24, 2.45) is 17.6 Å². The van der Waals surface area contributed by atoms with Crippen molar-refractivity contribution in [2.45, 2.75) is 91.5 Å². The molecule has 17 heavy (non-hydrogen) atoms. The molecular formula is C16H35N. The highest BCUT2D eigenvalue weighted by Crippen LogP contribution is 2.18. The van der Waals surface area contributed by atoms with E-state index in [4.69, 9.17) is 5.73 Å². The fraction of sp³-hybridized carbons (Fsp3) is 1.00. The van der Waals surface area contributed by atoms with Gasteiger partial charge in [0.1, 0.15) is 0 Å². The monoisotopic (exact) mass is 241 g/mol. The Labute approximate surface area is 110 Å². The standard InChI is InChI=1S/C16H35N/c1-5-6-7-8-9-10-11-16(17)13-15(4)12-14(2)3/h14-16H,5-13,17H2,1-4H3. The van der Waals surface area contributed by atoms with Gasteiger partial charge in [0.15, 0.2) is 0 Å². The minimum atomic E-state index is 0.440. The fourth-order valence-electron chi connectivity index (χ4n) is 2.72. The summed E-state index contributed by atoms with van der Waals surface area (Å²) in [6.45, 7) is 9.22. The van der Waals surface area contributed by atoms with Crippen molar-refractivity contribution >= 4 is 0 Å². The Kier molecular flexibility index (Phi) is 11.0. The molecule has 0 aromatic heterocycles. The van der Waals surface area contributed by atoms with Gasteiger partial charge in [0.05, 0.1) is 0 Å². The molecule has 0 spiro atoms. The molecule has 0 heterocycles. The third-order valence-corrected chi connectivity index (χ3v) is 3.51. The molecule has 1 nitrogen and oxygen atoms in total. The zero-order valence-electron chi connectivity index (χ0n) is 12.7.